The maximum Gasteiger partial charge on any atom is 0.0289 e. The maximum atomic E-state index is 3.75. The molecule has 0 aliphatic heterocycles. The largest absolute Gasteiger partial charge is 0.0620 e. The maximum absolute atomic E-state index is 3.75. The van der Waals surface area contributed by atoms with Crippen molar-refractivity contribution < 1.29 is 0 Å². The summed E-state index contributed by atoms with van der Waals surface area (Å²) in [7, 11) is 0. The van der Waals surface area contributed by atoms with E-state index in [0.29, 0.717) is 0 Å². The molecule has 0 nitrogen and oxygen atoms in total. The van der Waals surface area contributed by atoms with Crippen LogP contribution in [0.1, 0.15) is 11.1 Å². The van der Waals surface area contributed by atoms with Crippen LogP contribution in [0, 0.1) is 13.8 Å². The zero-order valence-electron chi connectivity index (χ0n) is 11.1. The van der Waals surface area contributed by atoms with Crippen molar-refractivity contribution in [1.82, 2.24) is 0 Å². The highest BCUT2D eigenvalue weighted by molar-refractivity contribution is 9.10. The Hall–Kier alpha value is -1.60. The van der Waals surface area contributed by atoms with Gasteiger partial charge < -0.3 is 0 Å². The van der Waals surface area contributed by atoms with Crippen LogP contribution < -0.4 is 0 Å². The molecule has 0 aliphatic rings. The van der Waals surface area contributed by atoms with Crippen LogP contribution in [0.15, 0.2) is 59.1 Å². The molecule has 19 heavy (non-hydrogen) atoms. The molecule has 0 atom stereocenters. The minimum Gasteiger partial charge on any atom is -0.0620 e. The first-order valence-electron chi connectivity index (χ1n) is 6.42. The summed E-state index contributed by atoms with van der Waals surface area (Å²) >= 11 is 3.75. The van der Waals surface area contributed by atoms with Crippen molar-refractivity contribution in [3.05, 3.63) is 70.2 Å². The quantitative estimate of drug-likeness (QED) is 0.526. The first kappa shape index (κ1) is 12.4. The number of hydrogen-bond donors (Lipinski definition) is 0. The molecule has 3 aromatic rings. The SMILES string of the molecule is Cc1ccccc1-c1cc2ccccc2c(Br)c1C. The Morgan fingerprint density at radius 1 is 0.789 bits per heavy atom. The van der Waals surface area contributed by atoms with Crippen LogP contribution in [-0.4, -0.2) is 0 Å². The van der Waals surface area contributed by atoms with Gasteiger partial charge in [-0.3, -0.25) is 0 Å². The highest BCUT2D eigenvalue weighted by atomic mass is 79.9. The first-order chi connectivity index (χ1) is 9.18. The van der Waals surface area contributed by atoms with Gasteiger partial charge in [0.05, 0.1) is 0 Å². The van der Waals surface area contributed by atoms with Crippen molar-refractivity contribution in [2.24, 2.45) is 0 Å². The standard InChI is InChI=1S/C18H15Br/c1-12-7-3-5-9-15(12)17-11-14-8-4-6-10-16(14)18(19)13(17)2/h3-11H,1-2H3. The lowest BCUT2D eigenvalue weighted by atomic mass is 9.94. The van der Waals surface area contributed by atoms with Crippen LogP contribution in [0.3, 0.4) is 0 Å². The first-order valence-corrected chi connectivity index (χ1v) is 7.21. The van der Waals surface area contributed by atoms with Gasteiger partial charge in [0.25, 0.3) is 0 Å². The van der Waals surface area contributed by atoms with Crippen LogP contribution in [-0.2, 0) is 0 Å². The highest BCUT2D eigenvalue weighted by Gasteiger charge is 2.10. The van der Waals surface area contributed by atoms with Gasteiger partial charge in [-0.1, -0.05) is 48.5 Å². The molecule has 0 spiro atoms. The van der Waals surface area contributed by atoms with Gasteiger partial charge >= 0.3 is 0 Å². The van der Waals surface area contributed by atoms with Crippen molar-refractivity contribution in [1.29, 1.82) is 0 Å². The van der Waals surface area contributed by atoms with Crippen LogP contribution in [0.2, 0.25) is 0 Å². The van der Waals surface area contributed by atoms with Gasteiger partial charge in [-0.15, -0.1) is 0 Å². The normalized spacial score (nSPS) is 10.9. The fourth-order valence-corrected chi connectivity index (χ4v) is 3.14. The van der Waals surface area contributed by atoms with Gasteiger partial charge in [0.15, 0.2) is 0 Å². The zero-order chi connectivity index (χ0) is 13.4. The lowest BCUT2D eigenvalue weighted by Gasteiger charge is -2.13. The van der Waals surface area contributed by atoms with E-state index in [1.54, 1.807) is 0 Å². The Balaban J connectivity index is 2.37. The third kappa shape index (κ3) is 2.08. The predicted octanol–water partition coefficient (Wildman–Crippen LogP) is 5.89. The van der Waals surface area contributed by atoms with Crippen molar-refractivity contribution in [3.63, 3.8) is 0 Å². The number of aryl methyl sites for hydroxylation is 1. The molecule has 1 heteroatoms. The number of hydrogen-bond acceptors (Lipinski definition) is 0. The Morgan fingerprint density at radius 3 is 2.26 bits per heavy atom. The van der Waals surface area contributed by atoms with E-state index in [2.05, 4.69) is 84.4 Å². The Bertz CT molecular complexity index is 757. The van der Waals surface area contributed by atoms with E-state index in [1.165, 1.54) is 37.5 Å². The number of fused-ring (bicyclic) bond motifs is 1. The molecule has 0 bridgehead atoms. The minimum atomic E-state index is 1.20. The molecule has 0 saturated heterocycles. The average molecular weight is 311 g/mol. The highest BCUT2D eigenvalue weighted by Crippen LogP contribution is 2.36. The summed E-state index contributed by atoms with van der Waals surface area (Å²) < 4.78 is 1.20. The molecule has 0 radical (unpaired) electrons. The zero-order valence-corrected chi connectivity index (χ0v) is 12.7. The molecule has 0 aromatic heterocycles. The third-order valence-corrected chi connectivity index (χ3v) is 4.69. The summed E-state index contributed by atoms with van der Waals surface area (Å²) in [6.07, 6.45) is 0. The summed E-state index contributed by atoms with van der Waals surface area (Å²) in [6.45, 7) is 4.34. The third-order valence-electron chi connectivity index (χ3n) is 3.67. The van der Waals surface area contributed by atoms with Gasteiger partial charge in [0.2, 0.25) is 0 Å². The van der Waals surface area contributed by atoms with E-state index in [1.807, 2.05) is 0 Å². The lowest BCUT2D eigenvalue weighted by Crippen LogP contribution is -1.89. The molecule has 0 amide bonds. The van der Waals surface area contributed by atoms with Crippen molar-refractivity contribution in [3.8, 4) is 11.1 Å². The van der Waals surface area contributed by atoms with Crippen LogP contribution >= 0.6 is 15.9 Å². The van der Waals surface area contributed by atoms with E-state index >= 15 is 0 Å². The molecule has 0 aliphatic carbocycles. The Labute approximate surface area is 122 Å². The second-order valence-corrected chi connectivity index (χ2v) is 5.69. The Morgan fingerprint density at radius 2 is 1.47 bits per heavy atom. The van der Waals surface area contributed by atoms with Gasteiger partial charge in [0, 0.05) is 4.47 Å². The van der Waals surface area contributed by atoms with E-state index in [-0.39, 0.29) is 0 Å². The van der Waals surface area contributed by atoms with Crippen molar-refractivity contribution >= 4 is 26.7 Å². The van der Waals surface area contributed by atoms with E-state index in [4.69, 9.17) is 0 Å². The van der Waals surface area contributed by atoms with Crippen molar-refractivity contribution in [2.75, 3.05) is 0 Å². The molecule has 94 valence electrons. The molecule has 3 aromatic carbocycles. The van der Waals surface area contributed by atoms with E-state index < -0.39 is 0 Å². The lowest BCUT2D eigenvalue weighted by molar-refractivity contribution is 1.41. The molecule has 0 heterocycles. The summed E-state index contributed by atoms with van der Waals surface area (Å²) in [5, 5.41) is 2.55. The number of halogens is 1. The van der Waals surface area contributed by atoms with Crippen LogP contribution in [0.5, 0.6) is 0 Å². The van der Waals surface area contributed by atoms with Crippen molar-refractivity contribution in [2.45, 2.75) is 13.8 Å². The van der Waals surface area contributed by atoms with Crippen LogP contribution in [0.4, 0.5) is 0 Å². The molecule has 3 rings (SSSR count). The Kier molecular flexibility index (Phi) is 3.16. The summed E-state index contributed by atoms with van der Waals surface area (Å²) in [5.74, 6) is 0. The molecular weight excluding hydrogens is 296 g/mol. The van der Waals surface area contributed by atoms with Gasteiger partial charge in [0.1, 0.15) is 0 Å². The minimum absolute atomic E-state index is 1.20. The van der Waals surface area contributed by atoms with E-state index in [9.17, 15) is 0 Å². The smallest absolute Gasteiger partial charge is 0.0289 e. The molecule has 0 fully saturated rings. The second kappa shape index (κ2) is 4.82. The molecular formula is C18H15Br. The van der Waals surface area contributed by atoms with Crippen LogP contribution in [0.25, 0.3) is 21.9 Å². The fourth-order valence-electron chi connectivity index (χ4n) is 2.56. The average Bonchev–Trinajstić information content (AvgIpc) is 2.44. The second-order valence-electron chi connectivity index (χ2n) is 4.90. The monoisotopic (exact) mass is 310 g/mol. The summed E-state index contributed by atoms with van der Waals surface area (Å²) in [5.41, 5.74) is 5.23. The number of benzene rings is 3. The fraction of sp³-hybridized carbons (Fsp3) is 0.111. The summed E-state index contributed by atoms with van der Waals surface area (Å²) in [6, 6.07) is 19.3. The van der Waals surface area contributed by atoms with E-state index in [0.717, 1.165) is 0 Å². The van der Waals surface area contributed by atoms with Gasteiger partial charge in [-0.2, -0.15) is 0 Å². The van der Waals surface area contributed by atoms with Gasteiger partial charge in [-0.05, 0) is 68.9 Å². The summed E-state index contributed by atoms with van der Waals surface area (Å²) in [4.78, 5) is 0. The molecule has 0 unspecified atom stereocenters. The molecule has 0 saturated carbocycles. The molecule has 0 N–H and O–H groups in total. The topological polar surface area (TPSA) is 0 Å². The predicted molar refractivity (Wildman–Crippen MR) is 86.6 cm³/mol. The van der Waals surface area contributed by atoms with Gasteiger partial charge in [-0.25, -0.2) is 0 Å². The number of rotatable bonds is 1.